The minimum Gasteiger partial charge on any atom is -0.397 e. The van der Waals surface area contributed by atoms with Crippen LogP contribution in [-0.4, -0.2) is 26.6 Å². The van der Waals surface area contributed by atoms with Crippen molar-refractivity contribution < 1.29 is 8.91 Å². The number of hydrogen-bond donors (Lipinski definition) is 1. The highest BCUT2D eigenvalue weighted by molar-refractivity contribution is 6.30. The average molecular weight is 400 g/mol. The fourth-order valence-electron chi connectivity index (χ4n) is 3.45. The van der Waals surface area contributed by atoms with Gasteiger partial charge in [-0.25, -0.2) is 9.37 Å². The summed E-state index contributed by atoms with van der Waals surface area (Å²) in [6.07, 6.45) is 0.716. The summed E-state index contributed by atoms with van der Waals surface area (Å²) in [4.78, 5) is 11.1. The van der Waals surface area contributed by atoms with Gasteiger partial charge in [0, 0.05) is 30.6 Å². The van der Waals surface area contributed by atoms with Gasteiger partial charge in [0.05, 0.1) is 23.6 Å². The maximum Gasteiger partial charge on any atom is 0.223 e. The first-order valence-corrected chi connectivity index (χ1v) is 9.23. The van der Waals surface area contributed by atoms with Gasteiger partial charge in [-0.1, -0.05) is 23.3 Å². The Morgan fingerprint density at radius 3 is 2.82 bits per heavy atom. The molecule has 0 unspecified atom stereocenters. The van der Waals surface area contributed by atoms with E-state index in [9.17, 15) is 4.39 Å². The molecule has 1 aliphatic rings. The normalized spacial score (nSPS) is 14.1. The van der Waals surface area contributed by atoms with Crippen molar-refractivity contribution in [2.75, 3.05) is 6.54 Å². The molecule has 3 aromatic rings. The SMILES string of the molecule is C=C(N)c1cc(-c2ccc(Cl)cc2F)c2c(n1)CN(Cc1noc(C)n1)CC2. The summed E-state index contributed by atoms with van der Waals surface area (Å²) in [5.74, 6) is 0.788. The van der Waals surface area contributed by atoms with Crippen molar-refractivity contribution in [2.24, 2.45) is 5.73 Å². The van der Waals surface area contributed by atoms with Crippen LogP contribution in [0.1, 0.15) is 28.7 Å². The third kappa shape index (κ3) is 3.63. The third-order valence-corrected chi connectivity index (χ3v) is 4.98. The van der Waals surface area contributed by atoms with E-state index in [2.05, 4.69) is 26.6 Å². The van der Waals surface area contributed by atoms with E-state index in [-0.39, 0.29) is 5.82 Å². The molecule has 8 heteroatoms. The van der Waals surface area contributed by atoms with E-state index in [1.165, 1.54) is 6.07 Å². The fourth-order valence-corrected chi connectivity index (χ4v) is 3.61. The quantitative estimate of drug-likeness (QED) is 0.720. The summed E-state index contributed by atoms with van der Waals surface area (Å²) in [5.41, 5.74) is 9.89. The number of aryl methyl sites for hydroxylation is 1. The van der Waals surface area contributed by atoms with Crippen molar-refractivity contribution in [1.82, 2.24) is 20.0 Å². The lowest BCUT2D eigenvalue weighted by Crippen LogP contribution is -2.32. The molecule has 0 spiro atoms. The Hall–Kier alpha value is -2.77. The maximum absolute atomic E-state index is 14.6. The van der Waals surface area contributed by atoms with Gasteiger partial charge in [0.2, 0.25) is 5.89 Å². The Kier molecular flexibility index (Phi) is 4.87. The Balaban J connectivity index is 1.73. The topological polar surface area (TPSA) is 81.1 Å². The number of nitrogens with two attached hydrogens (primary N) is 1. The number of benzene rings is 1. The molecule has 0 amide bonds. The predicted octanol–water partition coefficient (Wildman–Crippen LogP) is 3.72. The van der Waals surface area contributed by atoms with E-state index in [0.717, 1.165) is 23.4 Å². The van der Waals surface area contributed by atoms with Crippen LogP contribution >= 0.6 is 11.6 Å². The molecule has 1 aromatic carbocycles. The first kappa shape index (κ1) is 18.6. The van der Waals surface area contributed by atoms with Gasteiger partial charge >= 0.3 is 0 Å². The first-order valence-electron chi connectivity index (χ1n) is 8.85. The molecular formula is C20H19ClFN5O. The molecule has 6 nitrogen and oxygen atoms in total. The first-order chi connectivity index (χ1) is 13.4. The Labute approximate surface area is 166 Å². The van der Waals surface area contributed by atoms with E-state index < -0.39 is 0 Å². The van der Waals surface area contributed by atoms with Crippen LogP contribution in [-0.2, 0) is 19.5 Å². The number of pyridine rings is 1. The monoisotopic (exact) mass is 399 g/mol. The second-order valence-corrected chi connectivity index (χ2v) is 7.26. The molecule has 0 atom stereocenters. The zero-order valence-corrected chi connectivity index (χ0v) is 16.1. The largest absolute Gasteiger partial charge is 0.397 e. The van der Waals surface area contributed by atoms with Gasteiger partial charge in [0.25, 0.3) is 0 Å². The van der Waals surface area contributed by atoms with Gasteiger partial charge in [0.15, 0.2) is 5.82 Å². The molecule has 0 radical (unpaired) electrons. The van der Waals surface area contributed by atoms with Gasteiger partial charge in [-0.05, 0) is 41.8 Å². The van der Waals surface area contributed by atoms with Crippen LogP contribution in [0.2, 0.25) is 5.02 Å². The zero-order valence-electron chi connectivity index (χ0n) is 15.4. The van der Waals surface area contributed by atoms with E-state index in [4.69, 9.17) is 21.9 Å². The van der Waals surface area contributed by atoms with Crippen LogP contribution in [0.3, 0.4) is 0 Å². The second-order valence-electron chi connectivity index (χ2n) is 6.82. The van der Waals surface area contributed by atoms with Crippen LogP contribution < -0.4 is 5.73 Å². The third-order valence-electron chi connectivity index (χ3n) is 4.75. The van der Waals surface area contributed by atoms with E-state index in [0.29, 0.717) is 53.2 Å². The molecule has 0 bridgehead atoms. The van der Waals surface area contributed by atoms with Gasteiger partial charge in [-0.15, -0.1) is 0 Å². The summed E-state index contributed by atoms with van der Waals surface area (Å²) in [6.45, 7) is 7.45. The Morgan fingerprint density at radius 2 is 2.14 bits per heavy atom. The van der Waals surface area contributed by atoms with Crippen LogP contribution in [0.5, 0.6) is 0 Å². The molecular weight excluding hydrogens is 381 g/mol. The highest BCUT2D eigenvalue weighted by atomic mass is 35.5. The van der Waals surface area contributed by atoms with Crippen molar-refractivity contribution in [3.63, 3.8) is 0 Å². The molecule has 3 heterocycles. The molecule has 0 saturated heterocycles. The molecule has 1 aliphatic heterocycles. The number of aromatic nitrogens is 3. The molecule has 2 aromatic heterocycles. The summed E-state index contributed by atoms with van der Waals surface area (Å²) < 4.78 is 19.7. The van der Waals surface area contributed by atoms with Gasteiger partial charge in [0.1, 0.15) is 5.82 Å². The van der Waals surface area contributed by atoms with Gasteiger partial charge in [-0.2, -0.15) is 4.98 Å². The summed E-state index contributed by atoms with van der Waals surface area (Å²) in [7, 11) is 0. The smallest absolute Gasteiger partial charge is 0.223 e. The average Bonchev–Trinajstić information content (AvgIpc) is 3.05. The number of rotatable bonds is 4. The lowest BCUT2D eigenvalue weighted by molar-refractivity contribution is 0.232. The van der Waals surface area contributed by atoms with E-state index in [1.54, 1.807) is 25.1 Å². The van der Waals surface area contributed by atoms with Crippen molar-refractivity contribution >= 4 is 17.3 Å². The molecule has 4 rings (SSSR count). The molecule has 28 heavy (non-hydrogen) atoms. The molecule has 0 aliphatic carbocycles. The number of hydrogen-bond acceptors (Lipinski definition) is 6. The van der Waals surface area contributed by atoms with Crippen LogP contribution in [0.25, 0.3) is 16.8 Å². The minimum absolute atomic E-state index is 0.337. The molecule has 144 valence electrons. The van der Waals surface area contributed by atoms with Crippen molar-refractivity contribution in [3.8, 4) is 11.1 Å². The summed E-state index contributed by atoms with van der Waals surface area (Å²) in [6, 6.07) is 6.47. The highest BCUT2D eigenvalue weighted by Crippen LogP contribution is 2.34. The number of fused-ring (bicyclic) bond motifs is 1. The van der Waals surface area contributed by atoms with Crippen LogP contribution in [0.15, 0.2) is 35.4 Å². The van der Waals surface area contributed by atoms with E-state index in [1.807, 2.05) is 0 Å². The standard InChI is InChI=1S/C20H19ClFN5O/c1-11(23)18-8-16(14-4-3-13(21)7-17(14)22)15-5-6-27(9-19(15)25-18)10-20-24-12(2)28-26-20/h3-4,7-8H,1,5-6,9-10,23H2,2H3. The van der Waals surface area contributed by atoms with Crippen molar-refractivity contribution in [3.05, 3.63) is 70.4 Å². The zero-order chi connectivity index (χ0) is 19.8. The predicted molar refractivity (Wildman–Crippen MR) is 105 cm³/mol. The maximum atomic E-state index is 14.6. The summed E-state index contributed by atoms with van der Waals surface area (Å²) in [5, 5.41) is 4.31. The van der Waals surface area contributed by atoms with E-state index >= 15 is 0 Å². The minimum atomic E-state index is -0.376. The number of nitrogens with zero attached hydrogens (tertiary/aromatic N) is 4. The number of halogens is 2. The van der Waals surface area contributed by atoms with Crippen molar-refractivity contribution in [1.29, 1.82) is 0 Å². The molecule has 0 fully saturated rings. The van der Waals surface area contributed by atoms with Gasteiger partial charge in [-0.3, -0.25) is 4.90 Å². The summed E-state index contributed by atoms with van der Waals surface area (Å²) >= 11 is 5.91. The lowest BCUT2D eigenvalue weighted by atomic mass is 9.92. The highest BCUT2D eigenvalue weighted by Gasteiger charge is 2.24. The van der Waals surface area contributed by atoms with Crippen molar-refractivity contribution in [2.45, 2.75) is 26.4 Å². The van der Waals surface area contributed by atoms with Gasteiger partial charge < -0.3 is 10.3 Å². The van der Waals surface area contributed by atoms with Crippen LogP contribution in [0.4, 0.5) is 4.39 Å². The fraction of sp³-hybridized carbons (Fsp3) is 0.250. The molecule has 0 saturated carbocycles. The van der Waals surface area contributed by atoms with Crippen LogP contribution in [0, 0.1) is 12.7 Å². The molecule has 2 N–H and O–H groups in total. The Morgan fingerprint density at radius 1 is 1.32 bits per heavy atom. The Bertz CT molecular complexity index is 1060. The lowest BCUT2D eigenvalue weighted by Gasteiger charge is -2.29. The second kappa shape index (κ2) is 7.33.